The summed E-state index contributed by atoms with van der Waals surface area (Å²) in [5, 5.41) is 12.2. The van der Waals surface area contributed by atoms with E-state index in [0.717, 1.165) is 0 Å². The van der Waals surface area contributed by atoms with Crippen molar-refractivity contribution in [3.63, 3.8) is 0 Å². The number of aliphatic carboxylic acids is 1. The SMILES string of the molecule is COC(=O)C=C1[C@@H](NC(=O)COc2ccccc2)C2SC(C)(C)[C@H](C(=O)O)N12. The molecule has 28 heavy (non-hydrogen) atoms. The number of thioether (sulfide) groups is 1. The van der Waals surface area contributed by atoms with Crippen LogP contribution in [-0.4, -0.2) is 63.8 Å². The molecule has 1 aromatic carbocycles. The van der Waals surface area contributed by atoms with Gasteiger partial charge in [0.05, 0.1) is 13.2 Å². The smallest absolute Gasteiger partial charge is 0.332 e. The van der Waals surface area contributed by atoms with Crippen LogP contribution in [-0.2, 0) is 19.1 Å². The fourth-order valence-electron chi connectivity index (χ4n) is 3.45. The molecular formula is C19H22N2O6S. The van der Waals surface area contributed by atoms with E-state index in [2.05, 4.69) is 10.1 Å². The summed E-state index contributed by atoms with van der Waals surface area (Å²) in [6.07, 6.45) is 1.23. The lowest BCUT2D eigenvalue weighted by Gasteiger charge is -2.48. The molecule has 9 heteroatoms. The molecule has 0 saturated carbocycles. The lowest BCUT2D eigenvalue weighted by molar-refractivity contribution is -0.145. The van der Waals surface area contributed by atoms with E-state index in [9.17, 15) is 19.5 Å². The maximum Gasteiger partial charge on any atom is 0.332 e. The summed E-state index contributed by atoms with van der Waals surface area (Å²) in [7, 11) is 1.24. The van der Waals surface area contributed by atoms with E-state index in [1.54, 1.807) is 29.2 Å². The molecule has 2 fully saturated rings. The van der Waals surface area contributed by atoms with Gasteiger partial charge in [-0.2, -0.15) is 0 Å². The van der Waals surface area contributed by atoms with Gasteiger partial charge in [0, 0.05) is 16.5 Å². The Morgan fingerprint density at radius 1 is 1.29 bits per heavy atom. The number of fused-ring (bicyclic) bond motifs is 1. The molecule has 0 aliphatic carbocycles. The van der Waals surface area contributed by atoms with Crippen LogP contribution in [0.25, 0.3) is 0 Å². The summed E-state index contributed by atoms with van der Waals surface area (Å²) in [5.74, 6) is -1.37. The number of nitrogens with one attached hydrogen (secondary N) is 1. The number of esters is 1. The average molecular weight is 406 g/mol. The first-order chi connectivity index (χ1) is 13.2. The second kappa shape index (κ2) is 7.75. The molecule has 1 aromatic rings. The summed E-state index contributed by atoms with van der Waals surface area (Å²) in [5.41, 5.74) is 0.426. The van der Waals surface area contributed by atoms with Crippen molar-refractivity contribution in [1.82, 2.24) is 10.2 Å². The Hall–Kier alpha value is -2.68. The van der Waals surface area contributed by atoms with Crippen LogP contribution in [0, 0.1) is 0 Å². The highest BCUT2D eigenvalue weighted by Crippen LogP contribution is 2.54. The number of hydrogen-bond acceptors (Lipinski definition) is 7. The number of para-hydroxylation sites is 1. The third-order valence-corrected chi connectivity index (χ3v) is 6.24. The summed E-state index contributed by atoms with van der Waals surface area (Å²) < 4.78 is 9.54. The van der Waals surface area contributed by atoms with Crippen molar-refractivity contribution < 1.29 is 29.0 Å². The van der Waals surface area contributed by atoms with E-state index in [1.807, 2.05) is 19.9 Å². The van der Waals surface area contributed by atoms with Crippen molar-refractivity contribution in [1.29, 1.82) is 0 Å². The van der Waals surface area contributed by atoms with Gasteiger partial charge in [0.15, 0.2) is 6.61 Å². The highest BCUT2D eigenvalue weighted by Gasteiger charge is 2.61. The van der Waals surface area contributed by atoms with Crippen LogP contribution >= 0.6 is 11.8 Å². The number of amides is 1. The van der Waals surface area contributed by atoms with Gasteiger partial charge >= 0.3 is 11.9 Å². The Bertz CT molecular complexity index is 810. The Morgan fingerprint density at radius 3 is 2.57 bits per heavy atom. The Morgan fingerprint density at radius 2 is 1.96 bits per heavy atom. The Labute approximate surface area is 166 Å². The second-order valence-corrected chi connectivity index (χ2v) is 8.77. The molecule has 2 saturated heterocycles. The van der Waals surface area contributed by atoms with Crippen molar-refractivity contribution in [2.45, 2.75) is 36.1 Å². The number of carboxylic acid groups (broad SMARTS) is 1. The van der Waals surface area contributed by atoms with E-state index in [0.29, 0.717) is 11.4 Å². The standard InChI is InChI=1S/C19H22N2O6S/c1-19(2)16(18(24)25)21-12(9-14(23)26-3)15(17(21)28-19)20-13(22)10-27-11-7-5-4-6-8-11/h4-9,15-17H,10H2,1-3H3,(H,20,22)(H,24,25)/t15-,16+,17?/m1/s1. The average Bonchev–Trinajstić information content (AvgIpc) is 2.91. The first-order valence-corrected chi connectivity index (χ1v) is 9.58. The molecule has 1 unspecified atom stereocenters. The molecule has 2 aliphatic rings. The molecule has 2 heterocycles. The molecule has 0 aromatic heterocycles. The number of carboxylic acids is 1. The van der Waals surface area contributed by atoms with Crippen LogP contribution < -0.4 is 10.1 Å². The number of nitrogens with zero attached hydrogens (tertiary/aromatic N) is 1. The van der Waals surface area contributed by atoms with Crippen molar-refractivity contribution in [2.75, 3.05) is 13.7 Å². The molecule has 3 rings (SSSR count). The van der Waals surface area contributed by atoms with Gasteiger partial charge in [0.1, 0.15) is 17.2 Å². The van der Waals surface area contributed by atoms with Crippen LogP contribution in [0.15, 0.2) is 42.1 Å². The largest absolute Gasteiger partial charge is 0.484 e. The molecule has 2 aliphatic heterocycles. The van der Waals surface area contributed by atoms with Gasteiger partial charge in [0.25, 0.3) is 5.91 Å². The number of rotatable bonds is 6. The fraction of sp³-hybridized carbons (Fsp3) is 0.421. The molecule has 0 radical (unpaired) electrons. The van der Waals surface area contributed by atoms with Crippen molar-refractivity contribution >= 4 is 29.6 Å². The molecule has 0 bridgehead atoms. The minimum Gasteiger partial charge on any atom is -0.484 e. The molecule has 8 nitrogen and oxygen atoms in total. The molecule has 2 N–H and O–H groups in total. The van der Waals surface area contributed by atoms with E-state index in [4.69, 9.17) is 4.74 Å². The van der Waals surface area contributed by atoms with Gasteiger partial charge < -0.3 is 24.8 Å². The highest BCUT2D eigenvalue weighted by atomic mass is 32.2. The zero-order chi connectivity index (χ0) is 20.5. The lowest BCUT2D eigenvalue weighted by atomic mass is 9.93. The highest BCUT2D eigenvalue weighted by molar-refractivity contribution is 8.01. The van der Waals surface area contributed by atoms with Crippen molar-refractivity contribution in [3.8, 4) is 5.75 Å². The van der Waals surface area contributed by atoms with E-state index < -0.39 is 28.8 Å². The predicted molar refractivity (Wildman–Crippen MR) is 103 cm³/mol. The van der Waals surface area contributed by atoms with Gasteiger partial charge in [-0.15, -0.1) is 11.8 Å². The third kappa shape index (κ3) is 3.80. The van der Waals surface area contributed by atoms with Gasteiger partial charge in [-0.3, -0.25) is 4.79 Å². The van der Waals surface area contributed by atoms with Crippen LogP contribution in [0.2, 0.25) is 0 Å². The third-order valence-electron chi connectivity index (χ3n) is 4.67. The number of methoxy groups -OCH3 is 1. The summed E-state index contributed by atoms with van der Waals surface area (Å²) in [6.45, 7) is 3.49. The maximum atomic E-state index is 12.4. The number of carbonyl (C=O) groups excluding carboxylic acids is 2. The number of ether oxygens (including phenoxy) is 2. The monoisotopic (exact) mass is 406 g/mol. The first-order valence-electron chi connectivity index (χ1n) is 8.70. The molecule has 150 valence electrons. The van der Waals surface area contributed by atoms with E-state index in [-0.39, 0.29) is 17.9 Å². The molecule has 1 amide bonds. The van der Waals surface area contributed by atoms with Gasteiger partial charge in [-0.25, -0.2) is 9.59 Å². The second-order valence-electron chi connectivity index (χ2n) is 7.00. The summed E-state index contributed by atoms with van der Waals surface area (Å²) in [4.78, 5) is 37.6. The first kappa shape index (κ1) is 20.1. The zero-order valence-electron chi connectivity index (χ0n) is 15.7. The summed E-state index contributed by atoms with van der Waals surface area (Å²) in [6, 6.07) is 7.63. The van der Waals surface area contributed by atoms with E-state index >= 15 is 0 Å². The van der Waals surface area contributed by atoms with E-state index in [1.165, 1.54) is 24.9 Å². The predicted octanol–water partition coefficient (Wildman–Crippen LogP) is 1.23. The maximum absolute atomic E-state index is 12.4. The van der Waals surface area contributed by atoms with Crippen LogP contribution in [0.4, 0.5) is 0 Å². The topological polar surface area (TPSA) is 105 Å². The molecular weight excluding hydrogens is 384 g/mol. The zero-order valence-corrected chi connectivity index (χ0v) is 16.6. The fourth-order valence-corrected chi connectivity index (χ4v) is 5.12. The Balaban J connectivity index is 1.74. The number of hydrogen-bond donors (Lipinski definition) is 2. The minimum absolute atomic E-state index is 0.185. The quantitative estimate of drug-likeness (QED) is 0.537. The van der Waals surface area contributed by atoms with Crippen LogP contribution in [0.5, 0.6) is 5.75 Å². The minimum atomic E-state index is -0.979. The van der Waals surface area contributed by atoms with Gasteiger partial charge in [0.2, 0.25) is 0 Å². The Kier molecular flexibility index (Phi) is 5.55. The number of carbonyl (C=O) groups is 3. The lowest BCUT2D eigenvalue weighted by Crippen LogP contribution is -2.65. The van der Waals surface area contributed by atoms with Gasteiger partial charge in [-0.05, 0) is 26.0 Å². The summed E-state index contributed by atoms with van der Waals surface area (Å²) >= 11 is 1.45. The van der Waals surface area contributed by atoms with Crippen LogP contribution in [0.1, 0.15) is 13.8 Å². The van der Waals surface area contributed by atoms with Crippen LogP contribution in [0.3, 0.4) is 0 Å². The number of benzene rings is 1. The van der Waals surface area contributed by atoms with Gasteiger partial charge in [-0.1, -0.05) is 18.2 Å². The van der Waals surface area contributed by atoms with Crippen molar-refractivity contribution in [2.24, 2.45) is 0 Å². The normalized spacial score (nSPS) is 26.2. The molecule has 0 spiro atoms. The van der Waals surface area contributed by atoms with Crippen molar-refractivity contribution in [3.05, 3.63) is 42.1 Å². The molecule has 3 atom stereocenters.